The van der Waals surface area contributed by atoms with Crippen molar-refractivity contribution < 1.29 is 35.1 Å². The number of ether oxygens (including phenoxy) is 1. The number of aliphatic carboxylic acids is 1. The van der Waals surface area contributed by atoms with Crippen molar-refractivity contribution in [2.24, 2.45) is 0 Å². The highest BCUT2D eigenvalue weighted by Gasteiger charge is 2.48. The van der Waals surface area contributed by atoms with Crippen LogP contribution in [0.2, 0.25) is 0 Å². The Kier molecular flexibility index (Phi) is 3.87. The van der Waals surface area contributed by atoms with Gasteiger partial charge in [0.25, 0.3) is 5.79 Å². The van der Waals surface area contributed by atoms with Gasteiger partial charge in [-0.2, -0.15) is 0 Å². The molecule has 1 aliphatic heterocycles. The zero-order valence-electron chi connectivity index (χ0n) is 8.35. The summed E-state index contributed by atoms with van der Waals surface area (Å²) in [7, 11) is 0. The molecule has 7 nitrogen and oxygen atoms in total. The van der Waals surface area contributed by atoms with Gasteiger partial charge in [0.1, 0.15) is 6.10 Å². The van der Waals surface area contributed by atoms with Crippen LogP contribution < -0.4 is 0 Å². The summed E-state index contributed by atoms with van der Waals surface area (Å²) in [6, 6.07) is 0. The molecule has 5 N–H and O–H groups in total. The van der Waals surface area contributed by atoms with Crippen LogP contribution in [0, 0.1) is 6.92 Å². The first-order chi connectivity index (χ1) is 7.26. The molecule has 0 spiro atoms. The van der Waals surface area contributed by atoms with E-state index in [1.165, 1.54) is 0 Å². The molecule has 7 heteroatoms. The number of carboxylic acid groups (broad SMARTS) is 1. The lowest BCUT2D eigenvalue weighted by atomic mass is 9.94. The summed E-state index contributed by atoms with van der Waals surface area (Å²) in [5.74, 6) is -4.24. The summed E-state index contributed by atoms with van der Waals surface area (Å²) in [6.45, 7) is 4.99. The van der Waals surface area contributed by atoms with Crippen LogP contribution in [0.25, 0.3) is 0 Å². The summed E-state index contributed by atoms with van der Waals surface area (Å²) < 4.78 is 4.73. The second-order valence-electron chi connectivity index (χ2n) is 3.82. The zero-order chi connectivity index (χ0) is 12.5. The minimum atomic E-state index is -2.57. The highest BCUT2D eigenvalue weighted by Crippen LogP contribution is 2.29. The molecule has 5 unspecified atom stereocenters. The molecule has 1 rings (SSSR count). The lowest BCUT2D eigenvalue weighted by Crippen LogP contribution is -2.55. The molecule has 1 saturated heterocycles. The zero-order valence-corrected chi connectivity index (χ0v) is 8.35. The Hall–Kier alpha value is -0.730. The number of carboxylic acids is 1. The fraction of sp³-hybridized carbons (Fsp3) is 0.778. The van der Waals surface area contributed by atoms with Crippen LogP contribution >= 0.6 is 0 Å². The SMILES string of the molecule is [CH]C(O)C(O)C1CC(O)CC(O)(C(=O)O)O1. The van der Waals surface area contributed by atoms with Crippen molar-refractivity contribution in [3.8, 4) is 0 Å². The van der Waals surface area contributed by atoms with E-state index in [2.05, 4.69) is 0 Å². The molecule has 1 aliphatic rings. The summed E-state index contributed by atoms with van der Waals surface area (Å²) in [5, 5.41) is 45.8. The van der Waals surface area contributed by atoms with Crippen molar-refractivity contribution in [2.75, 3.05) is 0 Å². The first-order valence-corrected chi connectivity index (χ1v) is 4.69. The molecule has 1 fully saturated rings. The van der Waals surface area contributed by atoms with Gasteiger partial charge in [0.2, 0.25) is 0 Å². The van der Waals surface area contributed by atoms with E-state index in [1.807, 2.05) is 0 Å². The van der Waals surface area contributed by atoms with Crippen molar-refractivity contribution in [3.05, 3.63) is 6.92 Å². The third-order valence-electron chi connectivity index (χ3n) is 2.43. The molecule has 16 heavy (non-hydrogen) atoms. The second kappa shape index (κ2) is 4.64. The fourth-order valence-electron chi connectivity index (χ4n) is 1.58. The second-order valence-corrected chi connectivity index (χ2v) is 3.82. The monoisotopic (exact) mass is 234 g/mol. The molecule has 0 aromatic rings. The highest BCUT2D eigenvalue weighted by atomic mass is 16.7. The highest BCUT2D eigenvalue weighted by molar-refractivity contribution is 5.75. The van der Waals surface area contributed by atoms with Gasteiger partial charge < -0.3 is 30.3 Å². The number of hydrogen-bond donors (Lipinski definition) is 5. The van der Waals surface area contributed by atoms with Crippen LogP contribution in [0.1, 0.15) is 12.8 Å². The van der Waals surface area contributed by atoms with Crippen molar-refractivity contribution >= 4 is 5.97 Å². The van der Waals surface area contributed by atoms with Crippen LogP contribution in [-0.4, -0.2) is 61.7 Å². The molecule has 0 bridgehead atoms. The molecular formula is C9H14O7. The van der Waals surface area contributed by atoms with Crippen molar-refractivity contribution in [1.82, 2.24) is 0 Å². The summed E-state index contributed by atoms with van der Waals surface area (Å²) >= 11 is 0. The van der Waals surface area contributed by atoms with E-state index in [0.29, 0.717) is 0 Å². The van der Waals surface area contributed by atoms with Crippen LogP contribution in [-0.2, 0) is 9.53 Å². The first-order valence-electron chi connectivity index (χ1n) is 4.69. The van der Waals surface area contributed by atoms with Gasteiger partial charge in [0, 0.05) is 12.8 Å². The fourth-order valence-corrected chi connectivity index (χ4v) is 1.58. The van der Waals surface area contributed by atoms with Gasteiger partial charge in [-0.05, 0) is 6.92 Å². The average molecular weight is 234 g/mol. The smallest absolute Gasteiger partial charge is 0.364 e. The van der Waals surface area contributed by atoms with E-state index in [1.54, 1.807) is 0 Å². The molecule has 0 aromatic heterocycles. The third-order valence-corrected chi connectivity index (χ3v) is 2.43. The standard InChI is InChI=1S/C9H14O7/c1-4(10)7(12)6-2-5(11)3-9(15,16-6)8(13)14/h1,4-7,10-12,15H,2-3H2,(H,13,14). The van der Waals surface area contributed by atoms with Gasteiger partial charge in [-0.3, -0.25) is 0 Å². The minimum absolute atomic E-state index is 0.120. The molecule has 0 aliphatic carbocycles. The minimum Gasteiger partial charge on any atom is -0.477 e. The molecule has 0 amide bonds. The Balaban J connectivity index is 2.79. The predicted molar refractivity (Wildman–Crippen MR) is 49.0 cm³/mol. The van der Waals surface area contributed by atoms with E-state index < -0.39 is 42.6 Å². The number of aliphatic hydroxyl groups excluding tert-OH is 3. The number of carbonyl (C=O) groups is 1. The molecular weight excluding hydrogens is 220 g/mol. The van der Waals surface area contributed by atoms with E-state index in [9.17, 15) is 20.1 Å². The van der Waals surface area contributed by atoms with Gasteiger partial charge in [-0.25, -0.2) is 4.79 Å². The topological polar surface area (TPSA) is 127 Å². The largest absolute Gasteiger partial charge is 0.477 e. The molecule has 0 aromatic carbocycles. The predicted octanol–water partition coefficient (Wildman–Crippen LogP) is -2.27. The average Bonchev–Trinajstić information content (AvgIpc) is 2.14. The lowest BCUT2D eigenvalue weighted by Gasteiger charge is -2.39. The van der Waals surface area contributed by atoms with Crippen LogP contribution in [0.4, 0.5) is 0 Å². The Labute approximate surface area is 91.9 Å². The molecule has 1 heterocycles. The molecule has 92 valence electrons. The van der Waals surface area contributed by atoms with Gasteiger partial charge in [-0.1, -0.05) is 0 Å². The Morgan fingerprint density at radius 2 is 2.06 bits per heavy atom. The first kappa shape index (κ1) is 13.3. The van der Waals surface area contributed by atoms with Crippen LogP contribution in [0.3, 0.4) is 0 Å². The van der Waals surface area contributed by atoms with Gasteiger partial charge in [0.05, 0.1) is 18.3 Å². The van der Waals surface area contributed by atoms with E-state index in [0.717, 1.165) is 0 Å². The van der Waals surface area contributed by atoms with Gasteiger partial charge in [0.15, 0.2) is 0 Å². The summed E-state index contributed by atoms with van der Waals surface area (Å²) in [5.41, 5.74) is 0. The van der Waals surface area contributed by atoms with E-state index >= 15 is 0 Å². The number of aliphatic hydroxyl groups is 4. The lowest BCUT2D eigenvalue weighted by molar-refractivity contribution is -0.286. The molecule has 2 radical (unpaired) electrons. The Morgan fingerprint density at radius 1 is 1.50 bits per heavy atom. The van der Waals surface area contributed by atoms with Crippen molar-refractivity contribution in [2.45, 2.75) is 43.0 Å². The van der Waals surface area contributed by atoms with E-state index in [4.69, 9.17) is 21.9 Å². The maximum atomic E-state index is 10.7. The third kappa shape index (κ3) is 2.69. The molecule has 5 atom stereocenters. The Morgan fingerprint density at radius 3 is 2.50 bits per heavy atom. The summed E-state index contributed by atoms with van der Waals surface area (Å²) in [6.07, 6.45) is -6.26. The summed E-state index contributed by atoms with van der Waals surface area (Å²) in [4.78, 5) is 10.7. The van der Waals surface area contributed by atoms with Crippen LogP contribution in [0.15, 0.2) is 0 Å². The van der Waals surface area contributed by atoms with Gasteiger partial charge >= 0.3 is 5.97 Å². The van der Waals surface area contributed by atoms with E-state index in [-0.39, 0.29) is 6.42 Å². The molecule has 0 saturated carbocycles. The number of rotatable bonds is 3. The van der Waals surface area contributed by atoms with Crippen molar-refractivity contribution in [1.29, 1.82) is 0 Å². The normalized spacial score (nSPS) is 39.1. The quantitative estimate of drug-likeness (QED) is 0.372. The maximum Gasteiger partial charge on any atom is 0.364 e. The Bertz CT molecular complexity index is 267. The van der Waals surface area contributed by atoms with Gasteiger partial charge in [-0.15, -0.1) is 0 Å². The van der Waals surface area contributed by atoms with Crippen molar-refractivity contribution in [3.63, 3.8) is 0 Å². The number of hydrogen-bond acceptors (Lipinski definition) is 6. The van der Waals surface area contributed by atoms with Crippen LogP contribution in [0.5, 0.6) is 0 Å². The maximum absolute atomic E-state index is 10.7.